The average Bonchev–Trinajstić information content (AvgIpc) is 3.14. The van der Waals surface area contributed by atoms with Crippen molar-refractivity contribution in [3.05, 3.63) is 65.9 Å². The minimum Gasteiger partial charge on any atom is -0.486 e. The van der Waals surface area contributed by atoms with Crippen LogP contribution in [0, 0.1) is 6.92 Å². The topological polar surface area (TPSA) is 78.8 Å². The molecule has 7 nitrogen and oxygen atoms in total. The first-order chi connectivity index (χ1) is 15.6. The van der Waals surface area contributed by atoms with Crippen molar-refractivity contribution in [3.63, 3.8) is 0 Å². The second-order valence-electron chi connectivity index (χ2n) is 7.42. The van der Waals surface area contributed by atoms with E-state index in [4.69, 9.17) is 14.2 Å². The number of rotatable bonds is 7. The van der Waals surface area contributed by atoms with Crippen LogP contribution in [-0.4, -0.2) is 36.3 Å². The number of aromatic nitrogens is 1. The molecular weight excluding hydrogens is 408 g/mol. The lowest BCUT2D eigenvalue weighted by Crippen LogP contribution is -2.17. The molecule has 0 fully saturated rings. The molecule has 0 saturated heterocycles. The van der Waals surface area contributed by atoms with E-state index in [0.717, 1.165) is 17.0 Å². The Bertz CT molecular complexity index is 1120. The summed E-state index contributed by atoms with van der Waals surface area (Å²) in [5.74, 6) is 0.810. The molecular formula is C25H26N2O5. The zero-order valence-electron chi connectivity index (χ0n) is 18.2. The van der Waals surface area contributed by atoms with Gasteiger partial charge in [0.05, 0.1) is 12.2 Å². The van der Waals surface area contributed by atoms with E-state index in [0.29, 0.717) is 49.1 Å². The van der Waals surface area contributed by atoms with Crippen LogP contribution in [0.1, 0.15) is 29.4 Å². The Morgan fingerprint density at radius 2 is 1.78 bits per heavy atom. The molecule has 0 spiro atoms. The molecule has 32 heavy (non-hydrogen) atoms. The normalized spacial score (nSPS) is 12.3. The molecule has 1 aliphatic rings. The molecule has 0 radical (unpaired) electrons. The minimum absolute atomic E-state index is 0.133. The maximum atomic E-state index is 12.7. The van der Waals surface area contributed by atoms with Crippen molar-refractivity contribution in [2.75, 3.05) is 25.1 Å². The molecule has 1 amide bonds. The van der Waals surface area contributed by atoms with Crippen LogP contribution >= 0.6 is 0 Å². The van der Waals surface area contributed by atoms with E-state index < -0.39 is 0 Å². The van der Waals surface area contributed by atoms with Crippen LogP contribution in [0.15, 0.2) is 54.6 Å². The fourth-order valence-corrected chi connectivity index (χ4v) is 3.75. The molecule has 0 aliphatic carbocycles. The van der Waals surface area contributed by atoms with Crippen molar-refractivity contribution < 1.29 is 23.8 Å². The van der Waals surface area contributed by atoms with Crippen LogP contribution in [0.25, 0.3) is 11.3 Å². The summed E-state index contributed by atoms with van der Waals surface area (Å²) in [6.45, 7) is 5.39. The van der Waals surface area contributed by atoms with Gasteiger partial charge in [-0.3, -0.25) is 4.79 Å². The highest BCUT2D eigenvalue weighted by Gasteiger charge is 2.20. The number of amides is 1. The van der Waals surface area contributed by atoms with Crippen molar-refractivity contribution in [1.29, 1.82) is 0 Å². The molecule has 3 aromatic rings. The lowest BCUT2D eigenvalue weighted by Gasteiger charge is -2.19. The summed E-state index contributed by atoms with van der Waals surface area (Å²) in [6, 6.07) is 17.0. The monoisotopic (exact) mass is 434 g/mol. The quantitative estimate of drug-likeness (QED) is 0.556. The summed E-state index contributed by atoms with van der Waals surface area (Å²) in [7, 11) is 0. The molecule has 0 bridgehead atoms. The van der Waals surface area contributed by atoms with Gasteiger partial charge in [0.15, 0.2) is 11.5 Å². The van der Waals surface area contributed by atoms with Crippen LogP contribution in [0.5, 0.6) is 11.5 Å². The summed E-state index contributed by atoms with van der Waals surface area (Å²) < 4.78 is 18.3. The third-order valence-electron chi connectivity index (χ3n) is 5.32. The molecule has 166 valence electrons. The molecule has 2 aromatic carbocycles. The van der Waals surface area contributed by atoms with E-state index in [9.17, 15) is 9.59 Å². The van der Waals surface area contributed by atoms with E-state index >= 15 is 0 Å². The standard InChI is InChI=1S/C25H26N2O5/c1-3-30-25(29)20-16-21(18-7-5-4-6-8-18)27(17(20)2)12-11-24(28)26-19-9-10-22-23(15-19)32-14-13-31-22/h4-10,15-16H,3,11-14H2,1-2H3,(H,26,28). The molecule has 1 aliphatic heterocycles. The van der Waals surface area contributed by atoms with Crippen LogP contribution in [0.3, 0.4) is 0 Å². The lowest BCUT2D eigenvalue weighted by atomic mass is 10.1. The van der Waals surface area contributed by atoms with Gasteiger partial charge >= 0.3 is 5.97 Å². The van der Waals surface area contributed by atoms with Gasteiger partial charge in [-0.05, 0) is 37.6 Å². The molecule has 4 rings (SSSR count). The SMILES string of the molecule is CCOC(=O)c1cc(-c2ccccc2)n(CCC(=O)Nc2ccc3c(c2)OCCO3)c1C. The number of fused-ring (bicyclic) bond motifs is 1. The molecule has 1 aromatic heterocycles. The maximum absolute atomic E-state index is 12.7. The van der Waals surface area contributed by atoms with Crippen molar-refractivity contribution in [2.24, 2.45) is 0 Å². The second-order valence-corrected chi connectivity index (χ2v) is 7.42. The van der Waals surface area contributed by atoms with Crippen molar-refractivity contribution in [3.8, 4) is 22.8 Å². The lowest BCUT2D eigenvalue weighted by molar-refractivity contribution is -0.116. The van der Waals surface area contributed by atoms with Crippen LogP contribution in [0.2, 0.25) is 0 Å². The Labute approximate surface area is 186 Å². The fraction of sp³-hybridized carbons (Fsp3) is 0.280. The number of ether oxygens (including phenoxy) is 3. The van der Waals surface area contributed by atoms with Gasteiger partial charge < -0.3 is 24.1 Å². The Morgan fingerprint density at radius 1 is 1.03 bits per heavy atom. The summed E-state index contributed by atoms with van der Waals surface area (Å²) >= 11 is 0. The highest BCUT2D eigenvalue weighted by Crippen LogP contribution is 2.32. The summed E-state index contributed by atoms with van der Waals surface area (Å²) in [4.78, 5) is 25.1. The average molecular weight is 434 g/mol. The van der Waals surface area contributed by atoms with E-state index in [1.807, 2.05) is 47.9 Å². The van der Waals surface area contributed by atoms with E-state index in [-0.39, 0.29) is 18.3 Å². The Hall–Kier alpha value is -3.74. The largest absolute Gasteiger partial charge is 0.486 e. The number of benzene rings is 2. The number of nitrogens with one attached hydrogen (secondary N) is 1. The number of esters is 1. The molecule has 2 heterocycles. The highest BCUT2D eigenvalue weighted by molar-refractivity contribution is 5.93. The molecule has 0 atom stereocenters. The second kappa shape index (κ2) is 9.60. The predicted octanol–water partition coefficient (Wildman–Crippen LogP) is 4.44. The first-order valence-electron chi connectivity index (χ1n) is 10.7. The van der Waals surface area contributed by atoms with Crippen molar-refractivity contribution >= 4 is 17.6 Å². The van der Waals surface area contributed by atoms with E-state index in [1.165, 1.54) is 0 Å². The Balaban J connectivity index is 1.51. The highest BCUT2D eigenvalue weighted by atomic mass is 16.6. The maximum Gasteiger partial charge on any atom is 0.339 e. The zero-order valence-corrected chi connectivity index (χ0v) is 18.2. The first-order valence-corrected chi connectivity index (χ1v) is 10.7. The Morgan fingerprint density at radius 3 is 2.53 bits per heavy atom. The number of carbonyl (C=O) groups is 2. The Kier molecular flexibility index (Phi) is 6.44. The number of anilines is 1. The fourth-order valence-electron chi connectivity index (χ4n) is 3.75. The first kappa shape index (κ1) is 21.5. The number of carbonyl (C=O) groups excluding carboxylic acids is 2. The number of nitrogens with zero attached hydrogens (tertiary/aromatic N) is 1. The van der Waals surface area contributed by atoms with E-state index in [1.54, 1.807) is 25.1 Å². The van der Waals surface area contributed by atoms with Crippen molar-refractivity contribution in [1.82, 2.24) is 4.57 Å². The van der Waals surface area contributed by atoms with Crippen LogP contribution < -0.4 is 14.8 Å². The van der Waals surface area contributed by atoms with Gasteiger partial charge in [0.2, 0.25) is 5.91 Å². The van der Waals surface area contributed by atoms with Gasteiger partial charge in [0.1, 0.15) is 13.2 Å². The molecule has 0 saturated carbocycles. The van der Waals surface area contributed by atoms with Crippen LogP contribution in [0.4, 0.5) is 5.69 Å². The zero-order chi connectivity index (χ0) is 22.5. The third kappa shape index (κ3) is 4.61. The van der Waals surface area contributed by atoms with Gasteiger partial charge in [-0.25, -0.2) is 4.79 Å². The molecule has 7 heteroatoms. The molecule has 0 unspecified atom stereocenters. The third-order valence-corrected chi connectivity index (χ3v) is 5.32. The number of hydrogen-bond donors (Lipinski definition) is 1. The minimum atomic E-state index is -0.360. The van der Waals surface area contributed by atoms with Gasteiger partial charge in [0, 0.05) is 36.1 Å². The predicted molar refractivity (Wildman–Crippen MR) is 121 cm³/mol. The summed E-state index contributed by atoms with van der Waals surface area (Å²) in [5.41, 5.74) is 3.78. The van der Waals surface area contributed by atoms with Gasteiger partial charge in [0.25, 0.3) is 0 Å². The smallest absolute Gasteiger partial charge is 0.339 e. The van der Waals surface area contributed by atoms with E-state index in [2.05, 4.69) is 5.32 Å². The summed E-state index contributed by atoms with van der Waals surface area (Å²) in [5, 5.41) is 2.91. The summed E-state index contributed by atoms with van der Waals surface area (Å²) in [6.07, 6.45) is 0.242. The number of hydrogen-bond acceptors (Lipinski definition) is 5. The van der Waals surface area contributed by atoms with Crippen molar-refractivity contribution in [2.45, 2.75) is 26.8 Å². The van der Waals surface area contributed by atoms with Crippen LogP contribution in [-0.2, 0) is 16.1 Å². The molecule has 1 N–H and O–H groups in total. The van der Waals surface area contributed by atoms with Gasteiger partial charge in [-0.15, -0.1) is 0 Å². The van der Waals surface area contributed by atoms with Gasteiger partial charge in [-0.2, -0.15) is 0 Å². The van der Waals surface area contributed by atoms with Gasteiger partial charge in [-0.1, -0.05) is 30.3 Å².